The fourth-order valence-electron chi connectivity index (χ4n) is 1.39. The van der Waals surface area contributed by atoms with Gasteiger partial charge in [-0.05, 0) is 18.1 Å². The van der Waals surface area contributed by atoms with Crippen LogP contribution in [0.3, 0.4) is 0 Å². The first kappa shape index (κ1) is 16.7. The van der Waals surface area contributed by atoms with Crippen LogP contribution >= 0.6 is 0 Å². The van der Waals surface area contributed by atoms with Crippen LogP contribution in [0.25, 0.3) is 0 Å². The average molecular weight is 302 g/mol. The highest BCUT2D eigenvalue weighted by atomic mass is 32.2. The molecule has 20 heavy (non-hydrogen) atoms. The number of hydrogen-bond donors (Lipinski definition) is 3. The summed E-state index contributed by atoms with van der Waals surface area (Å²) in [6, 6.07) is 6.79. The van der Waals surface area contributed by atoms with Gasteiger partial charge in [0, 0.05) is 18.3 Å². The highest BCUT2D eigenvalue weighted by Gasteiger charge is 2.15. The average Bonchev–Trinajstić information content (AvgIpc) is 2.36. The third-order valence-electron chi connectivity index (χ3n) is 2.76. The molecule has 0 spiro atoms. The molecule has 7 heteroatoms. The first-order valence-corrected chi connectivity index (χ1v) is 8.09. The van der Waals surface area contributed by atoms with Crippen LogP contribution in [-0.4, -0.2) is 38.5 Å². The van der Waals surface area contributed by atoms with Gasteiger partial charge in [0.15, 0.2) is 0 Å². The van der Waals surface area contributed by atoms with Gasteiger partial charge >= 0.3 is 0 Å². The molecule has 1 aromatic rings. The van der Waals surface area contributed by atoms with Crippen molar-refractivity contribution in [3.8, 4) is 5.75 Å². The van der Waals surface area contributed by atoms with Gasteiger partial charge in [0.2, 0.25) is 10.0 Å². The van der Waals surface area contributed by atoms with Crippen LogP contribution in [0.2, 0.25) is 0 Å². The van der Waals surface area contributed by atoms with Crippen molar-refractivity contribution in [1.29, 1.82) is 0 Å². The van der Waals surface area contributed by atoms with Crippen LogP contribution in [0.15, 0.2) is 24.3 Å². The summed E-state index contributed by atoms with van der Waals surface area (Å²) in [6.45, 7) is 3.68. The summed E-state index contributed by atoms with van der Waals surface area (Å²) in [5.41, 5.74) is 6.15. The molecule has 0 heterocycles. The number of anilines is 1. The molecule has 1 rings (SSSR count). The minimum Gasteiger partial charge on any atom is -0.492 e. The van der Waals surface area contributed by atoms with E-state index in [1.54, 1.807) is 24.3 Å². The molecule has 0 amide bonds. The van der Waals surface area contributed by atoms with Gasteiger partial charge < -0.3 is 15.6 Å². The Hall–Kier alpha value is -1.31. The Kier molecular flexibility index (Phi) is 6.25. The number of rotatable bonds is 8. The third kappa shape index (κ3) is 6.23. The standard InChI is InChI=1S/C13H22N2O4S/c1-10(2)13(16)9-15-20(17,18)7-6-19-12-5-3-4-11(14)8-12/h3-5,8,10,13,15-16H,6-7,9,14H2,1-2H3. The summed E-state index contributed by atoms with van der Waals surface area (Å²) in [7, 11) is -3.46. The van der Waals surface area contributed by atoms with Crippen molar-refractivity contribution in [1.82, 2.24) is 4.72 Å². The zero-order chi connectivity index (χ0) is 15.2. The molecule has 0 fully saturated rings. The molecule has 0 aliphatic heterocycles. The van der Waals surface area contributed by atoms with E-state index in [1.807, 2.05) is 13.8 Å². The molecule has 1 unspecified atom stereocenters. The second-order valence-electron chi connectivity index (χ2n) is 4.90. The van der Waals surface area contributed by atoms with Gasteiger partial charge in [0.05, 0.1) is 11.9 Å². The number of aliphatic hydroxyl groups excluding tert-OH is 1. The Balaban J connectivity index is 2.36. The summed E-state index contributed by atoms with van der Waals surface area (Å²) < 4.78 is 31.0. The number of aliphatic hydroxyl groups is 1. The second-order valence-corrected chi connectivity index (χ2v) is 6.83. The van der Waals surface area contributed by atoms with Crippen molar-refractivity contribution in [3.63, 3.8) is 0 Å². The minimum atomic E-state index is -3.46. The number of nitrogens with two attached hydrogens (primary N) is 1. The van der Waals surface area contributed by atoms with Crippen molar-refractivity contribution in [3.05, 3.63) is 24.3 Å². The molecule has 0 aliphatic rings. The Bertz CT molecular complexity index is 517. The molecule has 0 aliphatic carbocycles. The Morgan fingerprint density at radius 3 is 2.70 bits per heavy atom. The zero-order valence-electron chi connectivity index (χ0n) is 11.7. The van der Waals surface area contributed by atoms with Gasteiger partial charge in [-0.2, -0.15) is 0 Å². The van der Waals surface area contributed by atoms with E-state index in [1.165, 1.54) is 0 Å². The minimum absolute atomic E-state index is 0.00115. The molecule has 0 saturated heterocycles. The fraction of sp³-hybridized carbons (Fsp3) is 0.538. The quantitative estimate of drug-likeness (QED) is 0.610. The van der Waals surface area contributed by atoms with Gasteiger partial charge in [-0.25, -0.2) is 13.1 Å². The maximum Gasteiger partial charge on any atom is 0.215 e. The lowest BCUT2D eigenvalue weighted by Crippen LogP contribution is -2.37. The maximum absolute atomic E-state index is 11.7. The Morgan fingerprint density at radius 1 is 1.40 bits per heavy atom. The summed E-state index contributed by atoms with van der Waals surface area (Å²) in [4.78, 5) is 0. The zero-order valence-corrected chi connectivity index (χ0v) is 12.6. The highest BCUT2D eigenvalue weighted by molar-refractivity contribution is 7.89. The van der Waals surface area contributed by atoms with Crippen LogP contribution in [0.1, 0.15) is 13.8 Å². The molecular formula is C13H22N2O4S. The second kappa shape index (κ2) is 7.47. The third-order valence-corrected chi connectivity index (χ3v) is 4.07. The SMILES string of the molecule is CC(C)C(O)CNS(=O)(=O)CCOc1cccc(N)c1. The van der Waals surface area contributed by atoms with E-state index in [0.717, 1.165) is 0 Å². The van der Waals surface area contributed by atoms with E-state index < -0.39 is 16.1 Å². The first-order valence-electron chi connectivity index (χ1n) is 6.44. The lowest BCUT2D eigenvalue weighted by atomic mass is 10.1. The number of hydrogen-bond acceptors (Lipinski definition) is 5. The number of nitrogens with one attached hydrogen (secondary N) is 1. The molecular weight excluding hydrogens is 280 g/mol. The Labute approximate surface area is 120 Å². The van der Waals surface area contributed by atoms with Gasteiger partial charge in [0.1, 0.15) is 12.4 Å². The van der Waals surface area contributed by atoms with Gasteiger partial charge in [-0.1, -0.05) is 19.9 Å². The normalized spacial score (nSPS) is 13.4. The lowest BCUT2D eigenvalue weighted by molar-refractivity contribution is 0.129. The highest BCUT2D eigenvalue weighted by Crippen LogP contribution is 2.14. The first-order chi connectivity index (χ1) is 9.30. The van der Waals surface area contributed by atoms with E-state index in [4.69, 9.17) is 10.5 Å². The lowest BCUT2D eigenvalue weighted by Gasteiger charge is -2.15. The molecule has 0 saturated carbocycles. The van der Waals surface area contributed by atoms with E-state index in [2.05, 4.69) is 4.72 Å². The molecule has 1 atom stereocenters. The smallest absolute Gasteiger partial charge is 0.215 e. The molecule has 0 bridgehead atoms. The summed E-state index contributed by atoms with van der Waals surface area (Å²) in [6.07, 6.45) is -0.695. The molecule has 114 valence electrons. The van der Waals surface area contributed by atoms with Crippen LogP contribution < -0.4 is 15.2 Å². The number of sulfonamides is 1. The number of ether oxygens (including phenoxy) is 1. The van der Waals surface area contributed by atoms with Crippen molar-refractivity contribution in [2.24, 2.45) is 5.92 Å². The Morgan fingerprint density at radius 2 is 2.10 bits per heavy atom. The van der Waals surface area contributed by atoms with E-state index in [0.29, 0.717) is 11.4 Å². The van der Waals surface area contributed by atoms with Gasteiger partial charge in [-0.15, -0.1) is 0 Å². The van der Waals surface area contributed by atoms with Crippen molar-refractivity contribution in [2.75, 3.05) is 24.6 Å². The predicted molar refractivity (Wildman–Crippen MR) is 79.0 cm³/mol. The van der Waals surface area contributed by atoms with E-state index >= 15 is 0 Å². The van der Waals surface area contributed by atoms with Crippen molar-refractivity contribution >= 4 is 15.7 Å². The van der Waals surface area contributed by atoms with Crippen LogP contribution in [0, 0.1) is 5.92 Å². The van der Waals surface area contributed by atoms with E-state index in [-0.39, 0.29) is 24.8 Å². The fourth-order valence-corrected chi connectivity index (χ4v) is 2.27. The predicted octanol–water partition coefficient (Wildman–Crippen LogP) is 0.584. The van der Waals surface area contributed by atoms with Crippen LogP contribution in [-0.2, 0) is 10.0 Å². The van der Waals surface area contributed by atoms with Gasteiger partial charge in [0.25, 0.3) is 0 Å². The van der Waals surface area contributed by atoms with Crippen molar-refractivity contribution in [2.45, 2.75) is 20.0 Å². The topological polar surface area (TPSA) is 102 Å². The summed E-state index contributed by atoms with van der Waals surface area (Å²) in [5, 5.41) is 9.55. The molecule has 4 N–H and O–H groups in total. The van der Waals surface area contributed by atoms with Crippen LogP contribution in [0.5, 0.6) is 5.75 Å². The monoisotopic (exact) mass is 302 g/mol. The molecule has 0 radical (unpaired) electrons. The molecule has 0 aromatic heterocycles. The largest absolute Gasteiger partial charge is 0.492 e. The van der Waals surface area contributed by atoms with E-state index in [9.17, 15) is 13.5 Å². The maximum atomic E-state index is 11.7. The summed E-state index contributed by atoms with van der Waals surface area (Å²) in [5.74, 6) is 0.357. The molecule has 1 aromatic carbocycles. The molecule has 6 nitrogen and oxygen atoms in total. The number of benzene rings is 1. The van der Waals surface area contributed by atoms with Crippen LogP contribution in [0.4, 0.5) is 5.69 Å². The summed E-state index contributed by atoms with van der Waals surface area (Å²) >= 11 is 0. The van der Waals surface area contributed by atoms with Crippen molar-refractivity contribution < 1.29 is 18.3 Å². The number of nitrogen functional groups attached to an aromatic ring is 1. The van der Waals surface area contributed by atoms with Gasteiger partial charge in [-0.3, -0.25) is 0 Å².